The lowest BCUT2D eigenvalue weighted by Gasteiger charge is -2.23. The van der Waals surface area contributed by atoms with Gasteiger partial charge in [-0.25, -0.2) is 0 Å². The first-order valence-corrected chi connectivity index (χ1v) is 10.0. The molecule has 8 heteroatoms. The first-order chi connectivity index (χ1) is 13.0. The van der Waals surface area contributed by atoms with Gasteiger partial charge in [0.1, 0.15) is 0 Å². The number of fused-ring (bicyclic) bond motifs is 1. The minimum atomic E-state index is -0.769. The van der Waals surface area contributed by atoms with E-state index < -0.39 is 11.4 Å². The third kappa shape index (κ3) is 3.22. The molecule has 1 amide bonds. The molecule has 1 aliphatic carbocycles. The summed E-state index contributed by atoms with van der Waals surface area (Å²) in [4.78, 5) is 31.8. The number of amides is 1. The molecule has 7 nitrogen and oxygen atoms in total. The summed E-state index contributed by atoms with van der Waals surface area (Å²) in [6.45, 7) is 2.58. The number of rotatable bonds is 5. The van der Waals surface area contributed by atoms with Crippen molar-refractivity contribution in [2.24, 2.45) is 11.3 Å². The van der Waals surface area contributed by atoms with Gasteiger partial charge in [-0.3, -0.25) is 9.59 Å². The first kappa shape index (κ1) is 18.0. The van der Waals surface area contributed by atoms with Crippen molar-refractivity contribution >= 4 is 23.6 Å². The Labute approximate surface area is 161 Å². The summed E-state index contributed by atoms with van der Waals surface area (Å²) < 4.78 is 5.13. The van der Waals surface area contributed by atoms with Crippen molar-refractivity contribution in [3.63, 3.8) is 0 Å². The van der Waals surface area contributed by atoms with E-state index in [2.05, 4.69) is 10.1 Å². The van der Waals surface area contributed by atoms with Crippen molar-refractivity contribution in [2.45, 2.75) is 36.8 Å². The second kappa shape index (κ2) is 6.99. The number of aliphatic carboxylic acids is 1. The Morgan fingerprint density at radius 1 is 1.41 bits per heavy atom. The molecule has 2 aromatic rings. The number of benzene rings is 1. The molecule has 2 heterocycles. The maximum absolute atomic E-state index is 13.1. The van der Waals surface area contributed by atoms with Crippen molar-refractivity contribution in [3.05, 3.63) is 41.5 Å². The van der Waals surface area contributed by atoms with Crippen LogP contribution in [0.4, 0.5) is 0 Å². The summed E-state index contributed by atoms with van der Waals surface area (Å²) in [5.74, 6) is 0.759. The zero-order valence-corrected chi connectivity index (χ0v) is 15.9. The molecule has 2 aliphatic rings. The number of likely N-dealkylation sites (tertiary alicyclic amines) is 1. The van der Waals surface area contributed by atoms with Gasteiger partial charge in [-0.15, -0.1) is 11.8 Å². The molecule has 27 heavy (non-hydrogen) atoms. The lowest BCUT2D eigenvalue weighted by molar-refractivity contribution is -0.149. The summed E-state index contributed by atoms with van der Waals surface area (Å²) >= 11 is 1.47. The largest absolute Gasteiger partial charge is 0.481 e. The Morgan fingerprint density at radius 3 is 2.93 bits per heavy atom. The normalized spacial score (nSPS) is 24.2. The van der Waals surface area contributed by atoms with Crippen LogP contribution in [0.5, 0.6) is 0 Å². The highest BCUT2D eigenvalue weighted by atomic mass is 32.2. The Bertz CT molecular complexity index is 883. The number of aryl methyl sites for hydroxylation is 1. The highest BCUT2D eigenvalue weighted by molar-refractivity contribution is 7.98. The fraction of sp³-hybridized carbons (Fsp3) is 0.474. The molecule has 1 aliphatic heterocycles. The van der Waals surface area contributed by atoms with Crippen LogP contribution in [0.1, 0.15) is 41.3 Å². The highest BCUT2D eigenvalue weighted by Gasteiger charge is 2.55. The van der Waals surface area contributed by atoms with E-state index in [4.69, 9.17) is 4.52 Å². The van der Waals surface area contributed by atoms with E-state index in [-0.39, 0.29) is 11.8 Å². The number of carboxylic acids is 1. The lowest BCUT2D eigenvalue weighted by Crippen LogP contribution is -2.37. The number of carbonyl (C=O) groups excluding carboxylic acids is 1. The molecule has 1 saturated heterocycles. The second-order valence-corrected chi connectivity index (χ2v) is 8.27. The van der Waals surface area contributed by atoms with Gasteiger partial charge < -0.3 is 14.5 Å². The van der Waals surface area contributed by atoms with Gasteiger partial charge in [0.15, 0.2) is 5.82 Å². The molecule has 1 aromatic carbocycles. The minimum Gasteiger partial charge on any atom is -0.481 e. The van der Waals surface area contributed by atoms with Crippen LogP contribution in [-0.4, -0.2) is 45.1 Å². The molecular weight excluding hydrogens is 366 g/mol. The van der Waals surface area contributed by atoms with Gasteiger partial charge in [0.05, 0.1) is 16.7 Å². The van der Waals surface area contributed by atoms with Crippen LogP contribution in [0.2, 0.25) is 0 Å². The van der Waals surface area contributed by atoms with Gasteiger partial charge in [0, 0.05) is 18.0 Å². The van der Waals surface area contributed by atoms with E-state index in [9.17, 15) is 14.7 Å². The number of hydrogen-bond donors (Lipinski definition) is 1. The van der Waals surface area contributed by atoms with Gasteiger partial charge in [0.2, 0.25) is 5.89 Å². The van der Waals surface area contributed by atoms with Gasteiger partial charge in [-0.05, 0) is 37.8 Å². The van der Waals surface area contributed by atoms with Crippen LogP contribution in [0.3, 0.4) is 0 Å². The first-order valence-electron chi connectivity index (χ1n) is 9.03. The Kier molecular flexibility index (Phi) is 4.67. The summed E-state index contributed by atoms with van der Waals surface area (Å²) in [6.07, 6.45) is 2.46. The van der Waals surface area contributed by atoms with Crippen LogP contribution in [0.15, 0.2) is 33.7 Å². The van der Waals surface area contributed by atoms with E-state index >= 15 is 0 Å². The molecule has 0 spiro atoms. The number of thioether (sulfide) groups is 1. The predicted octanol–water partition coefficient (Wildman–Crippen LogP) is 3.00. The van der Waals surface area contributed by atoms with Crippen LogP contribution in [0.25, 0.3) is 0 Å². The third-order valence-electron chi connectivity index (χ3n) is 5.62. The number of carbonyl (C=O) groups is 2. The molecule has 1 N–H and O–H groups in total. The highest BCUT2D eigenvalue weighted by Crippen LogP contribution is 2.49. The molecule has 142 valence electrons. The van der Waals surface area contributed by atoms with Gasteiger partial charge in [0.25, 0.3) is 5.91 Å². The average Bonchev–Trinajstić information content (AvgIpc) is 3.33. The second-order valence-electron chi connectivity index (χ2n) is 7.26. The number of nitrogens with zero attached hydrogens (tertiary/aromatic N) is 3. The summed E-state index contributed by atoms with van der Waals surface area (Å²) in [6, 6.07) is 7.41. The van der Waals surface area contributed by atoms with Crippen molar-refractivity contribution < 1.29 is 19.2 Å². The molecule has 0 radical (unpaired) electrons. The van der Waals surface area contributed by atoms with Gasteiger partial charge in [-0.1, -0.05) is 23.7 Å². The predicted molar refractivity (Wildman–Crippen MR) is 98.4 cm³/mol. The van der Waals surface area contributed by atoms with Crippen molar-refractivity contribution in [2.75, 3.05) is 13.1 Å². The van der Waals surface area contributed by atoms with Crippen molar-refractivity contribution in [3.8, 4) is 0 Å². The zero-order chi connectivity index (χ0) is 19.0. The van der Waals surface area contributed by atoms with E-state index in [1.54, 1.807) is 17.9 Å². The molecule has 4 rings (SSSR count). The molecule has 0 bridgehead atoms. The van der Waals surface area contributed by atoms with Crippen LogP contribution in [0, 0.1) is 18.3 Å². The standard InChI is InChI=1S/C19H21N3O4S/c1-12-20-16(26-21-12)10-27-15-7-3-2-6-14(15)17(23)22-9-13-5-4-8-19(13,11-22)18(24)25/h2-3,6-7,13H,4-5,8-11H2,1H3,(H,24,25)/t13-,19+/m0/s1. The minimum absolute atomic E-state index is 0.0557. The van der Waals surface area contributed by atoms with Gasteiger partial charge >= 0.3 is 5.97 Å². The van der Waals surface area contributed by atoms with E-state index in [0.717, 1.165) is 17.7 Å². The van der Waals surface area contributed by atoms with E-state index in [0.29, 0.717) is 42.5 Å². The molecular formula is C19H21N3O4S. The van der Waals surface area contributed by atoms with Crippen molar-refractivity contribution in [1.82, 2.24) is 15.0 Å². The zero-order valence-electron chi connectivity index (χ0n) is 15.1. The van der Waals surface area contributed by atoms with Crippen LogP contribution < -0.4 is 0 Å². The fourth-order valence-corrected chi connectivity index (χ4v) is 5.15. The maximum Gasteiger partial charge on any atom is 0.311 e. The maximum atomic E-state index is 13.1. The number of carboxylic acid groups (broad SMARTS) is 1. The lowest BCUT2D eigenvalue weighted by atomic mass is 9.81. The molecule has 2 atom stereocenters. The van der Waals surface area contributed by atoms with Crippen molar-refractivity contribution in [1.29, 1.82) is 0 Å². The molecule has 1 aromatic heterocycles. The fourth-order valence-electron chi connectivity index (χ4n) is 4.27. The Morgan fingerprint density at radius 2 is 2.22 bits per heavy atom. The SMILES string of the molecule is Cc1noc(CSc2ccccc2C(=O)N2C[C@@H]3CCC[C@@]3(C(=O)O)C2)n1. The summed E-state index contributed by atoms with van der Waals surface area (Å²) in [5.41, 5.74) is -0.168. The quantitative estimate of drug-likeness (QED) is 0.788. The number of hydrogen-bond acceptors (Lipinski definition) is 6. The number of aromatic nitrogens is 2. The molecule has 1 saturated carbocycles. The average molecular weight is 387 g/mol. The van der Waals surface area contributed by atoms with Crippen LogP contribution in [-0.2, 0) is 10.5 Å². The Hall–Kier alpha value is -2.35. The third-order valence-corrected chi connectivity index (χ3v) is 6.68. The van der Waals surface area contributed by atoms with E-state index in [1.165, 1.54) is 11.8 Å². The summed E-state index contributed by atoms with van der Waals surface area (Å²) in [7, 11) is 0. The Balaban J connectivity index is 1.52. The summed E-state index contributed by atoms with van der Waals surface area (Å²) in [5, 5.41) is 13.5. The topological polar surface area (TPSA) is 96.5 Å². The monoisotopic (exact) mass is 387 g/mol. The molecule has 0 unspecified atom stereocenters. The van der Waals surface area contributed by atoms with Gasteiger partial charge in [-0.2, -0.15) is 4.98 Å². The van der Waals surface area contributed by atoms with Crippen LogP contribution >= 0.6 is 11.8 Å². The smallest absolute Gasteiger partial charge is 0.311 e. The van der Waals surface area contributed by atoms with E-state index in [1.807, 2.05) is 18.2 Å². The molecule has 2 fully saturated rings.